The number of carbonyl (C=O) groups is 2. The predicted octanol–water partition coefficient (Wildman–Crippen LogP) is 5.56. The summed E-state index contributed by atoms with van der Waals surface area (Å²) in [6.45, 7) is 4.55. The van der Waals surface area contributed by atoms with Crippen LogP contribution in [0.5, 0.6) is 0 Å². The number of fused-ring (bicyclic) bond motifs is 2. The van der Waals surface area contributed by atoms with E-state index < -0.39 is 6.23 Å². The van der Waals surface area contributed by atoms with E-state index in [0.717, 1.165) is 78.4 Å². The number of nitrogens with zero attached hydrogens (tertiary/aromatic N) is 4. The number of benzene rings is 1. The molecule has 1 aromatic carbocycles. The molecule has 4 heterocycles. The minimum Gasteiger partial charge on any atom is -0.378 e. The van der Waals surface area contributed by atoms with Crippen LogP contribution in [0.2, 0.25) is 5.02 Å². The number of aliphatic hydroxyl groups is 1. The molecule has 2 atom stereocenters. The van der Waals surface area contributed by atoms with Gasteiger partial charge in [0.05, 0.1) is 5.69 Å². The number of urea groups is 1. The number of halogens is 3. The first-order valence-electron chi connectivity index (χ1n) is 15.6. The van der Waals surface area contributed by atoms with Gasteiger partial charge in [0.1, 0.15) is 12.8 Å². The molecule has 3 amide bonds. The number of aromatic nitrogens is 1. The van der Waals surface area contributed by atoms with Crippen molar-refractivity contribution in [3.8, 4) is 0 Å². The number of nitrogens with one attached hydrogen (secondary N) is 1. The average molecular weight is 738 g/mol. The van der Waals surface area contributed by atoms with Crippen LogP contribution in [0.25, 0.3) is 0 Å². The Hall–Kier alpha value is -1.72. The van der Waals surface area contributed by atoms with Crippen LogP contribution in [0.3, 0.4) is 0 Å². The zero-order valence-corrected chi connectivity index (χ0v) is 28.3. The number of pyridine rings is 1. The van der Waals surface area contributed by atoms with Gasteiger partial charge in [0.25, 0.3) is 0 Å². The number of carbonyl (C=O) groups excluding carboxylic acids is 2. The van der Waals surface area contributed by atoms with E-state index in [0.29, 0.717) is 38.0 Å². The molecule has 2 N–H and O–H groups in total. The van der Waals surface area contributed by atoms with Crippen LogP contribution in [0.4, 0.5) is 4.79 Å². The molecule has 1 aromatic heterocycles. The van der Waals surface area contributed by atoms with Crippen molar-refractivity contribution < 1.29 is 14.7 Å². The summed E-state index contributed by atoms with van der Waals surface area (Å²) in [5.41, 5.74) is 5.08. The molecule has 8 nitrogen and oxygen atoms in total. The van der Waals surface area contributed by atoms with Gasteiger partial charge < -0.3 is 20.2 Å². The Morgan fingerprint density at radius 2 is 1.79 bits per heavy atom. The molecule has 0 radical (unpaired) electrons. The van der Waals surface area contributed by atoms with E-state index in [9.17, 15) is 14.7 Å². The lowest BCUT2D eigenvalue weighted by molar-refractivity contribution is -0.133. The Bertz CT molecular complexity index is 1350. The first-order chi connectivity index (χ1) is 20.8. The Labute approximate surface area is 275 Å². The molecule has 0 saturated carbocycles. The van der Waals surface area contributed by atoms with E-state index in [1.165, 1.54) is 22.4 Å². The first kappa shape index (κ1) is 31.3. The molecule has 3 aliphatic heterocycles. The van der Waals surface area contributed by atoms with Gasteiger partial charge in [-0.25, -0.2) is 4.79 Å². The molecule has 232 valence electrons. The molecule has 0 bridgehead atoms. The fraction of sp³-hybridized carbons (Fsp3) is 0.594. The summed E-state index contributed by atoms with van der Waals surface area (Å²) in [4.78, 5) is 35.5. The summed E-state index contributed by atoms with van der Waals surface area (Å²) in [6, 6.07) is 6.21. The minimum absolute atomic E-state index is 0.0236. The zero-order chi connectivity index (χ0) is 30.1. The Balaban J connectivity index is 1.05. The number of likely N-dealkylation sites (tertiary alicyclic amines) is 2. The fourth-order valence-corrected chi connectivity index (χ4v) is 9.04. The maximum absolute atomic E-state index is 12.8. The van der Waals surface area contributed by atoms with E-state index in [4.69, 9.17) is 16.6 Å². The van der Waals surface area contributed by atoms with Crippen molar-refractivity contribution in [1.29, 1.82) is 0 Å². The summed E-state index contributed by atoms with van der Waals surface area (Å²) in [5.74, 6) is 1.01. The van der Waals surface area contributed by atoms with Gasteiger partial charge >= 0.3 is 6.03 Å². The SMILES string of the molecule is O=C(CN1CCCNC1=O)N1CCC(CC(O)N2CCC([C@H]3c4ncc(Br)cc4CCc4cc(Cl)cc(Br)c43)CC2)CC1. The number of hydrogen-bond donors (Lipinski definition) is 2. The monoisotopic (exact) mass is 735 g/mol. The van der Waals surface area contributed by atoms with Crippen molar-refractivity contribution in [3.63, 3.8) is 0 Å². The van der Waals surface area contributed by atoms with Crippen LogP contribution in [-0.2, 0) is 17.6 Å². The van der Waals surface area contributed by atoms with Crippen LogP contribution in [0.15, 0.2) is 33.3 Å². The van der Waals surface area contributed by atoms with Crippen molar-refractivity contribution in [2.24, 2.45) is 11.8 Å². The summed E-state index contributed by atoms with van der Waals surface area (Å²) in [7, 11) is 0. The number of aryl methyl sites for hydroxylation is 2. The van der Waals surface area contributed by atoms with Crippen LogP contribution in [-0.4, -0.2) is 88.8 Å². The maximum atomic E-state index is 12.8. The van der Waals surface area contributed by atoms with Gasteiger partial charge in [-0.05, 0) is 114 Å². The second-order valence-corrected chi connectivity index (χ2v) is 14.8. The lowest BCUT2D eigenvalue weighted by atomic mass is 9.76. The smallest absolute Gasteiger partial charge is 0.317 e. The molecular formula is C32H40Br2ClN5O3. The minimum atomic E-state index is -0.474. The summed E-state index contributed by atoms with van der Waals surface area (Å²) < 4.78 is 2.07. The van der Waals surface area contributed by atoms with Gasteiger partial charge in [-0.2, -0.15) is 0 Å². The van der Waals surface area contributed by atoms with Gasteiger partial charge in [0, 0.05) is 65.4 Å². The normalized spacial score (nSPS) is 22.9. The molecule has 3 fully saturated rings. The zero-order valence-electron chi connectivity index (χ0n) is 24.4. The summed E-state index contributed by atoms with van der Waals surface area (Å²) >= 11 is 14.0. The number of amides is 3. The fourth-order valence-electron chi connectivity index (χ4n) is 7.54. The number of piperidine rings is 2. The third-order valence-corrected chi connectivity index (χ3v) is 11.2. The molecular weight excluding hydrogens is 698 g/mol. The molecule has 2 aromatic rings. The van der Waals surface area contributed by atoms with E-state index in [2.05, 4.69) is 54.2 Å². The molecule has 11 heteroatoms. The highest BCUT2D eigenvalue weighted by Crippen LogP contribution is 2.46. The van der Waals surface area contributed by atoms with E-state index in [1.807, 2.05) is 17.2 Å². The molecule has 1 unspecified atom stereocenters. The quantitative estimate of drug-likeness (QED) is 0.406. The molecule has 43 heavy (non-hydrogen) atoms. The Morgan fingerprint density at radius 1 is 1.05 bits per heavy atom. The number of rotatable bonds is 6. The van der Waals surface area contributed by atoms with E-state index in [1.54, 1.807) is 4.90 Å². The first-order valence-corrected chi connectivity index (χ1v) is 17.6. The largest absolute Gasteiger partial charge is 0.378 e. The van der Waals surface area contributed by atoms with Gasteiger partial charge in [0.15, 0.2) is 0 Å². The van der Waals surface area contributed by atoms with Crippen molar-refractivity contribution in [3.05, 3.63) is 60.7 Å². The highest BCUT2D eigenvalue weighted by Gasteiger charge is 2.37. The average Bonchev–Trinajstić information content (AvgIpc) is 3.15. The van der Waals surface area contributed by atoms with Crippen LogP contribution < -0.4 is 5.32 Å². The third-order valence-electron chi connectivity index (χ3n) is 9.89. The van der Waals surface area contributed by atoms with Gasteiger partial charge in [-0.15, -0.1) is 0 Å². The third kappa shape index (κ3) is 7.08. The highest BCUT2D eigenvalue weighted by atomic mass is 79.9. The van der Waals surface area contributed by atoms with E-state index in [-0.39, 0.29) is 24.4 Å². The van der Waals surface area contributed by atoms with Crippen molar-refractivity contribution in [2.75, 3.05) is 45.8 Å². The van der Waals surface area contributed by atoms with Crippen LogP contribution in [0.1, 0.15) is 66.8 Å². The van der Waals surface area contributed by atoms with Gasteiger partial charge in [-0.1, -0.05) is 27.5 Å². The topological polar surface area (TPSA) is 89.0 Å². The van der Waals surface area contributed by atoms with Crippen molar-refractivity contribution >= 4 is 55.4 Å². The van der Waals surface area contributed by atoms with Gasteiger partial charge in [-0.3, -0.25) is 14.7 Å². The summed E-state index contributed by atoms with van der Waals surface area (Å²) in [5, 5.41) is 14.8. The highest BCUT2D eigenvalue weighted by molar-refractivity contribution is 9.10. The predicted molar refractivity (Wildman–Crippen MR) is 174 cm³/mol. The Kier molecular flexibility index (Phi) is 9.98. The molecule has 3 saturated heterocycles. The van der Waals surface area contributed by atoms with Gasteiger partial charge in [0.2, 0.25) is 5.91 Å². The van der Waals surface area contributed by atoms with Crippen molar-refractivity contribution in [1.82, 2.24) is 25.0 Å². The molecule has 1 aliphatic carbocycles. The molecule has 0 spiro atoms. The van der Waals surface area contributed by atoms with Crippen molar-refractivity contribution in [2.45, 2.75) is 63.5 Å². The standard InChI is InChI=1S/C32H40Br2ClN5O3/c33-24-15-23-3-2-22-16-25(35)17-26(34)29(22)30(31(23)37-18-24)21-6-12-38(13-7-21)27(41)14-20-4-10-39(11-5-20)28(42)19-40-9-1-8-36-32(40)43/h15-18,20-21,27,30,41H,1-14,19H2,(H,36,43)/t27?,30-/m1/s1. The Morgan fingerprint density at radius 3 is 2.53 bits per heavy atom. The summed E-state index contributed by atoms with van der Waals surface area (Å²) in [6.07, 6.45) is 8.68. The van der Waals surface area contributed by atoms with Crippen LogP contribution in [0, 0.1) is 11.8 Å². The second kappa shape index (κ2) is 13.7. The molecule has 6 rings (SSSR count). The van der Waals surface area contributed by atoms with E-state index >= 15 is 0 Å². The number of hydrogen-bond acceptors (Lipinski definition) is 5. The number of aliphatic hydroxyl groups excluding tert-OH is 1. The lowest BCUT2D eigenvalue weighted by Gasteiger charge is -2.40. The van der Waals surface area contributed by atoms with Crippen LogP contribution >= 0.6 is 43.5 Å². The molecule has 4 aliphatic rings. The lowest BCUT2D eigenvalue weighted by Crippen LogP contribution is -2.52. The second-order valence-electron chi connectivity index (χ2n) is 12.6. The maximum Gasteiger partial charge on any atom is 0.317 e.